The number of nitro groups is 1. The molecule has 0 aromatic heterocycles. The number of aryl methyl sites for hydroxylation is 1. The Morgan fingerprint density at radius 3 is 2.40 bits per heavy atom. The Labute approximate surface area is 114 Å². The molecule has 0 atom stereocenters. The summed E-state index contributed by atoms with van der Waals surface area (Å²) < 4.78 is 0. The molecule has 0 unspecified atom stereocenters. The first-order valence-electron chi connectivity index (χ1n) is 5.84. The summed E-state index contributed by atoms with van der Waals surface area (Å²) in [5, 5.41) is 23.2. The van der Waals surface area contributed by atoms with Crippen molar-refractivity contribution in [1.82, 2.24) is 0 Å². The molecule has 0 spiro atoms. The molecule has 0 amide bonds. The van der Waals surface area contributed by atoms with Crippen LogP contribution in [0.15, 0.2) is 42.5 Å². The van der Waals surface area contributed by atoms with Crippen LogP contribution in [0.2, 0.25) is 0 Å². The Balaban J connectivity index is 2.61. The molecule has 0 saturated carbocycles. The zero-order valence-electron chi connectivity index (χ0n) is 10.7. The number of rotatable bonds is 4. The van der Waals surface area contributed by atoms with E-state index in [1.54, 1.807) is 37.3 Å². The molecule has 0 aliphatic heterocycles. The summed E-state index contributed by atoms with van der Waals surface area (Å²) in [6.07, 6.45) is 0. The van der Waals surface area contributed by atoms with Crippen LogP contribution in [-0.2, 0) is 0 Å². The SMILES string of the molecule is Cc1ccc(C(=O)O)c(Nc2ccccc2)c1[N+](=O)[O-]. The Morgan fingerprint density at radius 1 is 1.20 bits per heavy atom. The van der Waals surface area contributed by atoms with Crippen molar-refractivity contribution in [1.29, 1.82) is 0 Å². The third-order valence-electron chi connectivity index (χ3n) is 2.84. The Morgan fingerprint density at radius 2 is 1.85 bits per heavy atom. The van der Waals surface area contributed by atoms with Crippen molar-refractivity contribution in [2.45, 2.75) is 6.92 Å². The van der Waals surface area contributed by atoms with Crippen molar-refractivity contribution in [2.75, 3.05) is 5.32 Å². The molecule has 0 saturated heterocycles. The van der Waals surface area contributed by atoms with E-state index in [1.165, 1.54) is 12.1 Å². The standard InChI is InChI=1S/C14H12N2O4/c1-9-7-8-11(14(17)18)12(13(9)16(19)20)15-10-5-3-2-4-6-10/h2-8,15H,1H3,(H,17,18). The second-order valence-corrected chi connectivity index (χ2v) is 4.21. The lowest BCUT2D eigenvalue weighted by Gasteiger charge is -2.11. The van der Waals surface area contributed by atoms with Crippen LogP contribution in [0.1, 0.15) is 15.9 Å². The van der Waals surface area contributed by atoms with Gasteiger partial charge in [0.1, 0.15) is 5.69 Å². The van der Waals surface area contributed by atoms with Crippen molar-refractivity contribution >= 4 is 23.0 Å². The number of carbonyl (C=O) groups is 1. The van der Waals surface area contributed by atoms with E-state index in [1.807, 2.05) is 0 Å². The molecule has 0 radical (unpaired) electrons. The quantitative estimate of drug-likeness (QED) is 0.657. The normalized spacial score (nSPS) is 10.1. The maximum atomic E-state index is 11.2. The molecule has 0 aliphatic carbocycles. The maximum Gasteiger partial charge on any atom is 0.338 e. The van der Waals surface area contributed by atoms with Crippen molar-refractivity contribution < 1.29 is 14.8 Å². The summed E-state index contributed by atoms with van der Waals surface area (Å²) in [5.74, 6) is -1.22. The number of nitro benzene ring substituents is 1. The molecule has 6 heteroatoms. The van der Waals surface area contributed by atoms with Gasteiger partial charge >= 0.3 is 5.97 Å². The number of carboxylic acid groups (broad SMARTS) is 1. The van der Waals surface area contributed by atoms with Crippen molar-refractivity contribution in [3.05, 3.63) is 63.7 Å². The highest BCUT2D eigenvalue weighted by molar-refractivity contribution is 5.98. The van der Waals surface area contributed by atoms with Gasteiger partial charge in [-0.05, 0) is 25.1 Å². The van der Waals surface area contributed by atoms with Crippen molar-refractivity contribution in [3.8, 4) is 0 Å². The summed E-state index contributed by atoms with van der Waals surface area (Å²) in [5.41, 5.74) is 0.621. The zero-order chi connectivity index (χ0) is 14.7. The number of carboxylic acids is 1. The smallest absolute Gasteiger partial charge is 0.338 e. The Kier molecular flexibility index (Phi) is 3.65. The first kappa shape index (κ1) is 13.5. The van der Waals surface area contributed by atoms with Gasteiger partial charge in [-0.1, -0.05) is 24.3 Å². The molecule has 2 rings (SSSR count). The summed E-state index contributed by atoms with van der Waals surface area (Å²) in [6, 6.07) is 11.5. The molecule has 0 heterocycles. The van der Waals surface area contributed by atoms with Crippen LogP contribution < -0.4 is 5.32 Å². The molecule has 0 fully saturated rings. The van der Waals surface area contributed by atoms with E-state index >= 15 is 0 Å². The van der Waals surface area contributed by atoms with E-state index in [2.05, 4.69) is 5.32 Å². The van der Waals surface area contributed by atoms with Crippen molar-refractivity contribution in [2.24, 2.45) is 0 Å². The van der Waals surface area contributed by atoms with Gasteiger partial charge in [-0.15, -0.1) is 0 Å². The predicted octanol–water partition coefficient (Wildman–Crippen LogP) is 3.35. The minimum atomic E-state index is -1.22. The van der Waals surface area contributed by atoms with Crippen LogP contribution in [-0.4, -0.2) is 16.0 Å². The third kappa shape index (κ3) is 2.59. The van der Waals surface area contributed by atoms with E-state index in [0.29, 0.717) is 11.3 Å². The average Bonchev–Trinajstić information content (AvgIpc) is 2.39. The lowest BCUT2D eigenvalue weighted by atomic mass is 10.1. The number of aromatic carboxylic acids is 1. The van der Waals surface area contributed by atoms with Crippen LogP contribution in [0, 0.1) is 17.0 Å². The summed E-state index contributed by atoms with van der Waals surface area (Å²) in [6.45, 7) is 1.57. The lowest BCUT2D eigenvalue weighted by Crippen LogP contribution is -2.07. The second kappa shape index (κ2) is 5.40. The van der Waals surface area contributed by atoms with Crippen molar-refractivity contribution in [3.63, 3.8) is 0 Å². The summed E-state index contributed by atoms with van der Waals surface area (Å²) >= 11 is 0. The molecule has 0 bridgehead atoms. The van der Waals surface area contributed by atoms with Gasteiger partial charge in [0, 0.05) is 11.3 Å². The van der Waals surface area contributed by atoms with E-state index in [-0.39, 0.29) is 16.9 Å². The first-order valence-corrected chi connectivity index (χ1v) is 5.84. The van der Waals surface area contributed by atoms with Gasteiger partial charge in [-0.2, -0.15) is 0 Å². The fraction of sp³-hybridized carbons (Fsp3) is 0.0714. The minimum Gasteiger partial charge on any atom is -0.478 e. The van der Waals surface area contributed by atoms with Gasteiger partial charge in [0.25, 0.3) is 5.69 Å². The van der Waals surface area contributed by atoms with Gasteiger partial charge in [0.2, 0.25) is 0 Å². The van der Waals surface area contributed by atoms with E-state index in [0.717, 1.165) is 0 Å². The molecule has 102 valence electrons. The molecule has 2 N–H and O–H groups in total. The van der Waals surface area contributed by atoms with Gasteiger partial charge in [0.15, 0.2) is 0 Å². The number of hydrogen-bond donors (Lipinski definition) is 2. The minimum absolute atomic E-state index is 0.00583. The molecular weight excluding hydrogens is 260 g/mol. The number of nitrogens with zero attached hydrogens (tertiary/aromatic N) is 1. The lowest BCUT2D eigenvalue weighted by molar-refractivity contribution is -0.384. The summed E-state index contributed by atoms with van der Waals surface area (Å²) in [4.78, 5) is 21.8. The topological polar surface area (TPSA) is 92.5 Å². The fourth-order valence-corrected chi connectivity index (χ4v) is 1.90. The molecule has 0 aliphatic rings. The van der Waals surface area contributed by atoms with Crippen LogP contribution in [0.4, 0.5) is 17.1 Å². The molecule has 2 aromatic rings. The van der Waals surface area contributed by atoms with E-state index < -0.39 is 10.9 Å². The van der Waals surface area contributed by atoms with Crippen LogP contribution in [0.5, 0.6) is 0 Å². The predicted molar refractivity (Wildman–Crippen MR) is 74.5 cm³/mol. The van der Waals surface area contributed by atoms with Gasteiger partial charge in [0.05, 0.1) is 10.5 Å². The largest absolute Gasteiger partial charge is 0.478 e. The molecular formula is C14H12N2O4. The highest BCUT2D eigenvalue weighted by Gasteiger charge is 2.24. The fourth-order valence-electron chi connectivity index (χ4n) is 1.90. The number of hydrogen-bond acceptors (Lipinski definition) is 4. The highest BCUT2D eigenvalue weighted by atomic mass is 16.6. The second-order valence-electron chi connectivity index (χ2n) is 4.21. The average molecular weight is 272 g/mol. The molecule has 2 aromatic carbocycles. The van der Waals surface area contributed by atoms with E-state index in [9.17, 15) is 20.0 Å². The van der Waals surface area contributed by atoms with E-state index in [4.69, 9.17) is 0 Å². The van der Waals surface area contributed by atoms with Crippen LogP contribution in [0.3, 0.4) is 0 Å². The van der Waals surface area contributed by atoms with Gasteiger partial charge in [-0.3, -0.25) is 10.1 Å². The molecule has 6 nitrogen and oxygen atoms in total. The zero-order valence-corrected chi connectivity index (χ0v) is 10.7. The summed E-state index contributed by atoms with van der Waals surface area (Å²) in [7, 11) is 0. The number of benzene rings is 2. The highest BCUT2D eigenvalue weighted by Crippen LogP contribution is 2.34. The van der Waals surface area contributed by atoms with Gasteiger partial charge < -0.3 is 10.4 Å². The van der Waals surface area contributed by atoms with Gasteiger partial charge in [-0.25, -0.2) is 4.79 Å². The number of para-hydroxylation sites is 1. The Hall–Kier alpha value is -2.89. The van der Waals surface area contributed by atoms with Crippen LogP contribution >= 0.6 is 0 Å². The monoisotopic (exact) mass is 272 g/mol. The maximum absolute atomic E-state index is 11.2. The first-order chi connectivity index (χ1) is 9.50. The number of anilines is 2. The Bertz CT molecular complexity index is 668. The molecule has 20 heavy (non-hydrogen) atoms. The number of nitrogens with one attached hydrogen (secondary N) is 1. The van der Waals surface area contributed by atoms with Crippen LogP contribution in [0.25, 0.3) is 0 Å². The third-order valence-corrected chi connectivity index (χ3v) is 2.84.